The Morgan fingerprint density at radius 3 is 2.61 bits per heavy atom. The summed E-state index contributed by atoms with van der Waals surface area (Å²) in [7, 11) is 0. The van der Waals surface area contributed by atoms with Crippen molar-refractivity contribution in [3.05, 3.63) is 66.2 Å². The predicted molar refractivity (Wildman–Crippen MR) is 104 cm³/mol. The summed E-state index contributed by atoms with van der Waals surface area (Å²) in [6, 6.07) is 11.3. The minimum atomic E-state index is -0.494. The van der Waals surface area contributed by atoms with Crippen molar-refractivity contribution in [1.29, 1.82) is 0 Å². The Labute approximate surface area is 159 Å². The number of nitrogens with one attached hydrogen (secondary N) is 2. The first-order valence-corrected chi connectivity index (χ1v) is 8.46. The summed E-state index contributed by atoms with van der Waals surface area (Å²) < 4.78 is 1.41. The molecule has 0 spiro atoms. The Bertz CT molecular complexity index is 801. The SMILES string of the molecule is O=C(NC(=S)Nc1ccc([N+](=O)[O-])cc1Br)c1cccc(I)c1. The van der Waals surface area contributed by atoms with Gasteiger partial charge in [-0.25, -0.2) is 0 Å². The minimum absolute atomic E-state index is 0.0451. The number of nitro benzene ring substituents is 1. The van der Waals surface area contributed by atoms with Gasteiger partial charge in [0, 0.05) is 25.7 Å². The molecule has 2 aromatic carbocycles. The van der Waals surface area contributed by atoms with Crippen molar-refractivity contribution in [1.82, 2.24) is 5.32 Å². The number of non-ortho nitro benzene ring substituents is 1. The van der Waals surface area contributed by atoms with Crippen molar-refractivity contribution < 1.29 is 9.72 Å². The second-order valence-electron chi connectivity index (χ2n) is 4.34. The van der Waals surface area contributed by atoms with E-state index in [1.807, 2.05) is 6.07 Å². The van der Waals surface area contributed by atoms with Gasteiger partial charge in [0.2, 0.25) is 0 Å². The van der Waals surface area contributed by atoms with E-state index in [1.54, 1.807) is 18.2 Å². The summed E-state index contributed by atoms with van der Waals surface area (Å²) in [6.07, 6.45) is 0. The van der Waals surface area contributed by atoms with Crippen LogP contribution in [-0.2, 0) is 0 Å². The van der Waals surface area contributed by atoms with Crippen LogP contribution >= 0.6 is 50.7 Å². The van der Waals surface area contributed by atoms with Gasteiger partial charge in [-0.15, -0.1) is 0 Å². The molecule has 0 unspecified atom stereocenters. The van der Waals surface area contributed by atoms with Gasteiger partial charge in [0.1, 0.15) is 0 Å². The molecule has 23 heavy (non-hydrogen) atoms. The Morgan fingerprint density at radius 2 is 2.00 bits per heavy atom. The molecule has 1 amide bonds. The lowest BCUT2D eigenvalue weighted by molar-refractivity contribution is -0.384. The van der Waals surface area contributed by atoms with Gasteiger partial charge in [0.15, 0.2) is 5.11 Å². The van der Waals surface area contributed by atoms with Crippen LogP contribution < -0.4 is 10.6 Å². The maximum absolute atomic E-state index is 12.1. The summed E-state index contributed by atoms with van der Waals surface area (Å²) >= 11 is 10.4. The molecule has 0 radical (unpaired) electrons. The number of halogens is 2. The number of carbonyl (C=O) groups is 1. The molecular weight excluding hydrogens is 497 g/mol. The molecule has 0 fully saturated rings. The molecule has 0 aliphatic heterocycles. The normalized spacial score (nSPS) is 10.0. The zero-order chi connectivity index (χ0) is 17.0. The van der Waals surface area contributed by atoms with Gasteiger partial charge >= 0.3 is 0 Å². The standard InChI is InChI=1S/C14H9BrIN3O3S/c15-11-7-10(19(21)22)4-5-12(11)17-14(23)18-13(20)8-2-1-3-9(16)6-8/h1-7H,(H2,17,18,20,23). The lowest BCUT2D eigenvalue weighted by atomic mass is 10.2. The average Bonchev–Trinajstić information content (AvgIpc) is 2.49. The molecule has 0 saturated carbocycles. The first-order chi connectivity index (χ1) is 10.9. The summed E-state index contributed by atoms with van der Waals surface area (Å²) in [4.78, 5) is 22.3. The maximum atomic E-state index is 12.1. The van der Waals surface area contributed by atoms with Gasteiger partial charge < -0.3 is 5.32 Å². The minimum Gasteiger partial charge on any atom is -0.331 e. The molecule has 0 heterocycles. The van der Waals surface area contributed by atoms with E-state index in [1.165, 1.54) is 18.2 Å². The van der Waals surface area contributed by atoms with Crippen molar-refractivity contribution in [2.24, 2.45) is 0 Å². The number of thiocarbonyl (C=S) groups is 1. The van der Waals surface area contributed by atoms with Crippen LogP contribution in [-0.4, -0.2) is 15.9 Å². The zero-order valence-corrected chi connectivity index (χ0v) is 15.9. The molecule has 0 atom stereocenters. The van der Waals surface area contributed by atoms with Gasteiger partial charge in [-0.2, -0.15) is 0 Å². The second-order valence-corrected chi connectivity index (χ2v) is 6.85. The van der Waals surface area contributed by atoms with E-state index in [9.17, 15) is 14.9 Å². The number of hydrogen-bond acceptors (Lipinski definition) is 4. The molecule has 0 aliphatic rings. The fourth-order valence-electron chi connectivity index (χ4n) is 1.68. The Morgan fingerprint density at radius 1 is 1.26 bits per heavy atom. The van der Waals surface area contributed by atoms with Crippen LogP contribution in [0.2, 0.25) is 0 Å². The van der Waals surface area contributed by atoms with Crippen LogP contribution in [0.25, 0.3) is 0 Å². The molecule has 2 aromatic rings. The highest BCUT2D eigenvalue weighted by atomic mass is 127. The third-order valence-corrected chi connectivity index (χ3v) is 4.26. The summed E-state index contributed by atoms with van der Waals surface area (Å²) in [5.41, 5.74) is 0.962. The van der Waals surface area contributed by atoms with Crippen LogP contribution in [0.15, 0.2) is 46.9 Å². The van der Waals surface area contributed by atoms with E-state index in [-0.39, 0.29) is 16.7 Å². The maximum Gasteiger partial charge on any atom is 0.270 e. The van der Waals surface area contributed by atoms with E-state index >= 15 is 0 Å². The zero-order valence-electron chi connectivity index (χ0n) is 11.4. The van der Waals surface area contributed by atoms with Crippen LogP contribution in [0, 0.1) is 13.7 Å². The van der Waals surface area contributed by atoms with Crippen LogP contribution in [0.1, 0.15) is 10.4 Å². The van der Waals surface area contributed by atoms with E-state index in [0.29, 0.717) is 15.7 Å². The van der Waals surface area contributed by atoms with E-state index in [0.717, 1.165) is 3.57 Å². The molecular formula is C14H9BrIN3O3S. The van der Waals surface area contributed by atoms with Gasteiger partial charge in [-0.1, -0.05) is 6.07 Å². The monoisotopic (exact) mass is 505 g/mol. The largest absolute Gasteiger partial charge is 0.331 e. The number of anilines is 1. The average molecular weight is 506 g/mol. The molecule has 2 rings (SSSR count). The van der Waals surface area contributed by atoms with Gasteiger partial charge in [-0.3, -0.25) is 20.2 Å². The molecule has 2 N–H and O–H groups in total. The van der Waals surface area contributed by atoms with E-state index in [4.69, 9.17) is 12.2 Å². The number of carbonyl (C=O) groups excluding carboxylic acids is 1. The van der Waals surface area contributed by atoms with Crippen molar-refractivity contribution in [2.45, 2.75) is 0 Å². The van der Waals surface area contributed by atoms with Crippen molar-refractivity contribution in [2.75, 3.05) is 5.32 Å². The Kier molecular flexibility index (Phi) is 6.02. The van der Waals surface area contributed by atoms with Crippen LogP contribution in [0.4, 0.5) is 11.4 Å². The van der Waals surface area contributed by atoms with Crippen LogP contribution in [0.3, 0.4) is 0 Å². The first-order valence-electron chi connectivity index (χ1n) is 6.18. The van der Waals surface area contributed by atoms with Crippen LogP contribution in [0.5, 0.6) is 0 Å². The van der Waals surface area contributed by atoms with E-state index in [2.05, 4.69) is 49.2 Å². The molecule has 0 saturated heterocycles. The fraction of sp³-hybridized carbons (Fsp3) is 0. The Balaban J connectivity index is 2.05. The number of rotatable bonds is 3. The topological polar surface area (TPSA) is 84.3 Å². The Hall–Kier alpha value is -1.59. The quantitative estimate of drug-likeness (QED) is 0.284. The highest BCUT2D eigenvalue weighted by Crippen LogP contribution is 2.27. The van der Waals surface area contributed by atoms with Gasteiger partial charge in [-0.05, 0) is 75.0 Å². The number of amides is 1. The molecule has 118 valence electrons. The number of nitrogens with zero attached hydrogens (tertiary/aromatic N) is 1. The highest BCUT2D eigenvalue weighted by molar-refractivity contribution is 14.1. The van der Waals surface area contributed by atoms with Crippen molar-refractivity contribution >= 4 is 73.1 Å². The lowest BCUT2D eigenvalue weighted by Gasteiger charge is -2.11. The first kappa shape index (κ1) is 17.8. The molecule has 0 aliphatic carbocycles. The molecule has 0 aromatic heterocycles. The summed E-state index contributed by atoms with van der Waals surface area (Å²) in [6.45, 7) is 0. The van der Waals surface area contributed by atoms with E-state index < -0.39 is 4.92 Å². The van der Waals surface area contributed by atoms with Gasteiger partial charge in [0.25, 0.3) is 11.6 Å². The highest BCUT2D eigenvalue weighted by Gasteiger charge is 2.12. The predicted octanol–water partition coefficient (Wildman–Crippen LogP) is 4.09. The number of benzene rings is 2. The third-order valence-electron chi connectivity index (χ3n) is 2.73. The molecule has 9 heteroatoms. The summed E-state index contributed by atoms with van der Waals surface area (Å²) in [5.74, 6) is -0.334. The summed E-state index contributed by atoms with van der Waals surface area (Å²) in [5, 5.41) is 16.2. The third kappa shape index (κ3) is 4.94. The second kappa shape index (κ2) is 7.79. The molecule has 6 nitrogen and oxygen atoms in total. The number of hydrogen-bond donors (Lipinski definition) is 2. The fourth-order valence-corrected chi connectivity index (χ4v) is 2.89. The lowest BCUT2D eigenvalue weighted by Crippen LogP contribution is -2.34. The molecule has 0 bridgehead atoms. The number of nitro groups is 1. The van der Waals surface area contributed by atoms with Gasteiger partial charge in [0.05, 0.1) is 10.6 Å². The smallest absolute Gasteiger partial charge is 0.270 e. The van der Waals surface area contributed by atoms with Crippen molar-refractivity contribution in [3.8, 4) is 0 Å². The van der Waals surface area contributed by atoms with Crippen molar-refractivity contribution in [3.63, 3.8) is 0 Å².